The summed E-state index contributed by atoms with van der Waals surface area (Å²) in [7, 11) is 0. The molecule has 0 heterocycles. The standard InChI is InChI=1S/C9H18IN/c1-7(2)8-5-3-4-6-9(8)11-10/h7-9,11H,3-6H2,1-2H3. The summed E-state index contributed by atoms with van der Waals surface area (Å²) in [6, 6.07) is 0.782. The maximum Gasteiger partial charge on any atom is 0.0194 e. The molecule has 0 spiro atoms. The van der Waals surface area contributed by atoms with Gasteiger partial charge >= 0.3 is 0 Å². The van der Waals surface area contributed by atoms with Crippen molar-refractivity contribution in [3.63, 3.8) is 0 Å². The molecule has 1 aliphatic carbocycles. The second kappa shape index (κ2) is 4.65. The Kier molecular flexibility index (Phi) is 4.13. The molecular weight excluding hydrogens is 249 g/mol. The Labute approximate surface area is 83.8 Å². The molecule has 1 fully saturated rings. The van der Waals surface area contributed by atoms with Crippen LogP contribution in [0.4, 0.5) is 0 Å². The van der Waals surface area contributed by atoms with Crippen molar-refractivity contribution < 1.29 is 0 Å². The minimum Gasteiger partial charge on any atom is -0.258 e. The molecule has 66 valence electrons. The van der Waals surface area contributed by atoms with Gasteiger partial charge in [0.15, 0.2) is 0 Å². The molecule has 2 atom stereocenters. The lowest BCUT2D eigenvalue weighted by Gasteiger charge is -2.33. The van der Waals surface area contributed by atoms with E-state index in [-0.39, 0.29) is 0 Å². The van der Waals surface area contributed by atoms with Crippen LogP contribution in [0.3, 0.4) is 0 Å². The fraction of sp³-hybridized carbons (Fsp3) is 1.00. The van der Waals surface area contributed by atoms with E-state index in [1.807, 2.05) is 0 Å². The smallest absolute Gasteiger partial charge is 0.0194 e. The molecule has 2 heteroatoms. The molecule has 0 bridgehead atoms. The lowest BCUT2D eigenvalue weighted by atomic mass is 9.78. The minimum atomic E-state index is 0.782. The first-order valence-corrected chi connectivity index (χ1v) is 5.69. The van der Waals surface area contributed by atoms with Gasteiger partial charge in [-0.1, -0.05) is 26.7 Å². The number of nitrogens with one attached hydrogen (secondary N) is 1. The van der Waals surface area contributed by atoms with Crippen LogP contribution in [-0.4, -0.2) is 6.04 Å². The third-order valence-electron chi connectivity index (χ3n) is 2.82. The van der Waals surface area contributed by atoms with E-state index >= 15 is 0 Å². The molecule has 1 rings (SSSR count). The van der Waals surface area contributed by atoms with Gasteiger partial charge in [-0.2, -0.15) is 0 Å². The molecule has 0 saturated heterocycles. The normalized spacial score (nSPS) is 32.7. The monoisotopic (exact) mass is 267 g/mol. The zero-order chi connectivity index (χ0) is 8.27. The van der Waals surface area contributed by atoms with Gasteiger partial charge in [0.25, 0.3) is 0 Å². The van der Waals surface area contributed by atoms with Gasteiger partial charge in [-0.3, -0.25) is 3.53 Å². The highest BCUT2D eigenvalue weighted by atomic mass is 127. The highest BCUT2D eigenvalue weighted by Gasteiger charge is 2.26. The Morgan fingerprint density at radius 1 is 1.27 bits per heavy atom. The summed E-state index contributed by atoms with van der Waals surface area (Å²) in [4.78, 5) is 0. The van der Waals surface area contributed by atoms with Crippen LogP contribution in [0.1, 0.15) is 39.5 Å². The highest BCUT2D eigenvalue weighted by molar-refractivity contribution is 14.1. The molecule has 0 aliphatic heterocycles. The Bertz CT molecular complexity index is 114. The Morgan fingerprint density at radius 3 is 2.36 bits per heavy atom. The van der Waals surface area contributed by atoms with E-state index < -0.39 is 0 Å². The summed E-state index contributed by atoms with van der Waals surface area (Å²) in [6.07, 6.45) is 5.67. The summed E-state index contributed by atoms with van der Waals surface area (Å²) in [5.41, 5.74) is 0. The maximum atomic E-state index is 3.41. The van der Waals surface area contributed by atoms with Crippen molar-refractivity contribution >= 4 is 22.9 Å². The number of rotatable bonds is 2. The molecule has 1 nitrogen and oxygen atoms in total. The molecule has 0 aromatic carbocycles. The van der Waals surface area contributed by atoms with Gasteiger partial charge in [0.1, 0.15) is 0 Å². The molecule has 1 aliphatic rings. The second-order valence-corrected chi connectivity index (χ2v) is 4.53. The van der Waals surface area contributed by atoms with E-state index in [1.54, 1.807) is 0 Å². The van der Waals surface area contributed by atoms with Gasteiger partial charge in [-0.05, 0) is 24.7 Å². The molecular formula is C9H18IN. The quantitative estimate of drug-likeness (QED) is 0.598. The van der Waals surface area contributed by atoms with E-state index in [0.717, 1.165) is 17.9 Å². The lowest BCUT2D eigenvalue weighted by Crippen LogP contribution is -2.35. The van der Waals surface area contributed by atoms with Gasteiger partial charge in [0.05, 0.1) is 0 Å². The summed E-state index contributed by atoms with van der Waals surface area (Å²) in [5.74, 6) is 1.77. The first kappa shape index (κ1) is 9.78. The van der Waals surface area contributed by atoms with Crippen LogP contribution in [-0.2, 0) is 0 Å². The first-order chi connectivity index (χ1) is 5.25. The molecule has 2 unspecified atom stereocenters. The zero-order valence-corrected chi connectivity index (χ0v) is 9.60. The molecule has 1 N–H and O–H groups in total. The van der Waals surface area contributed by atoms with Crippen LogP contribution in [0.25, 0.3) is 0 Å². The second-order valence-electron chi connectivity index (χ2n) is 3.91. The van der Waals surface area contributed by atoms with Crippen LogP contribution < -0.4 is 3.53 Å². The number of halogens is 1. The van der Waals surface area contributed by atoms with E-state index in [4.69, 9.17) is 0 Å². The van der Waals surface area contributed by atoms with E-state index in [0.29, 0.717) is 0 Å². The highest BCUT2D eigenvalue weighted by Crippen LogP contribution is 2.30. The third kappa shape index (κ3) is 2.58. The molecule has 0 radical (unpaired) electrons. The van der Waals surface area contributed by atoms with Crippen molar-refractivity contribution in [2.75, 3.05) is 0 Å². The summed E-state index contributed by atoms with van der Waals surface area (Å²) < 4.78 is 3.41. The average Bonchev–Trinajstić information content (AvgIpc) is 2.04. The molecule has 0 amide bonds. The molecule has 0 aromatic rings. The van der Waals surface area contributed by atoms with Crippen molar-refractivity contribution in [2.24, 2.45) is 11.8 Å². The first-order valence-electron chi connectivity index (χ1n) is 4.62. The van der Waals surface area contributed by atoms with E-state index in [9.17, 15) is 0 Å². The molecule has 1 saturated carbocycles. The van der Waals surface area contributed by atoms with Crippen molar-refractivity contribution in [3.05, 3.63) is 0 Å². The summed E-state index contributed by atoms with van der Waals surface area (Å²) >= 11 is 2.31. The van der Waals surface area contributed by atoms with Crippen molar-refractivity contribution in [1.29, 1.82) is 0 Å². The van der Waals surface area contributed by atoms with Crippen molar-refractivity contribution in [2.45, 2.75) is 45.6 Å². The predicted molar refractivity (Wildman–Crippen MR) is 57.7 cm³/mol. The maximum absolute atomic E-state index is 3.41. The third-order valence-corrected chi connectivity index (χ3v) is 3.62. The molecule has 0 aromatic heterocycles. The fourth-order valence-corrected chi connectivity index (χ4v) is 2.87. The minimum absolute atomic E-state index is 0.782. The van der Waals surface area contributed by atoms with Crippen molar-refractivity contribution in [1.82, 2.24) is 3.53 Å². The molecule has 11 heavy (non-hydrogen) atoms. The topological polar surface area (TPSA) is 12.0 Å². The SMILES string of the molecule is CC(C)C1CCCCC1NI. The average molecular weight is 267 g/mol. The van der Waals surface area contributed by atoms with Crippen molar-refractivity contribution in [3.8, 4) is 0 Å². The van der Waals surface area contributed by atoms with Crippen LogP contribution in [0.5, 0.6) is 0 Å². The van der Waals surface area contributed by atoms with Gasteiger partial charge in [-0.15, -0.1) is 0 Å². The zero-order valence-electron chi connectivity index (χ0n) is 7.44. The van der Waals surface area contributed by atoms with Gasteiger partial charge in [0.2, 0.25) is 0 Å². The summed E-state index contributed by atoms with van der Waals surface area (Å²) in [5, 5.41) is 0. The van der Waals surface area contributed by atoms with Gasteiger partial charge in [-0.25, -0.2) is 0 Å². The van der Waals surface area contributed by atoms with Gasteiger partial charge < -0.3 is 0 Å². The van der Waals surface area contributed by atoms with Gasteiger partial charge in [0, 0.05) is 28.9 Å². The van der Waals surface area contributed by atoms with Crippen LogP contribution in [0.15, 0.2) is 0 Å². The number of hydrogen-bond donors (Lipinski definition) is 1. The van der Waals surface area contributed by atoms with Crippen LogP contribution >= 0.6 is 22.9 Å². The Balaban J connectivity index is 2.44. The Hall–Kier alpha value is 0.690. The Morgan fingerprint density at radius 2 is 1.91 bits per heavy atom. The fourth-order valence-electron chi connectivity index (χ4n) is 2.09. The predicted octanol–water partition coefficient (Wildman–Crippen LogP) is 3.14. The largest absolute Gasteiger partial charge is 0.258 e. The van der Waals surface area contributed by atoms with Crippen LogP contribution in [0, 0.1) is 11.8 Å². The van der Waals surface area contributed by atoms with Crippen LogP contribution in [0.2, 0.25) is 0 Å². The number of hydrogen-bond acceptors (Lipinski definition) is 1. The lowest BCUT2D eigenvalue weighted by molar-refractivity contribution is 0.233. The summed E-state index contributed by atoms with van der Waals surface area (Å²) in [6.45, 7) is 4.69. The van der Waals surface area contributed by atoms with E-state index in [1.165, 1.54) is 25.7 Å². The van der Waals surface area contributed by atoms with E-state index in [2.05, 4.69) is 40.2 Å².